The molecule has 1 heterocycles. The number of urea groups is 1. The maximum atomic E-state index is 11.4. The van der Waals surface area contributed by atoms with Crippen molar-refractivity contribution < 1.29 is 9.59 Å². The van der Waals surface area contributed by atoms with E-state index in [0.29, 0.717) is 25.6 Å². The minimum Gasteiger partial charge on any atom is -0.355 e. The van der Waals surface area contributed by atoms with E-state index in [1.165, 1.54) is 16.0 Å². The van der Waals surface area contributed by atoms with Crippen LogP contribution in [0, 0.1) is 6.92 Å². The molecule has 1 fully saturated rings. The molecule has 0 atom stereocenters. The van der Waals surface area contributed by atoms with Gasteiger partial charge in [-0.25, -0.2) is 4.79 Å². The Morgan fingerprint density at radius 3 is 2.65 bits per heavy atom. The number of hydrogen-bond acceptors (Lipinski definition) is 3. The summed E-state index contributed by atoms with van der Waals surface area (Å²) in [4.78, 5) is 28.2. The van der Waals surface area contributed by atoms with Gasteiger partial charge in [0.25, 0.3) is 0 Å². The molecule has 1 aromatic rings. The molecule has 1 saturated heterocycles. The van der Waals surface area contributed by atoms with E-state index in [-0.39, 0.29) is 42.5 Å². The van der Waals surface area contributed by atoms with Gasteiger partial charge in [0.1, 0.15) is 0 Å². The molecule has 2 rings (SSSR count). The number of rotatable bonds is 5. The first-order chi connectivity index (χ1) is 10.6. The smallest absolute Gasteiger partial charge is 0.324 e. The number of aliphatic imine (C=N–C) groups is 1. The van der Waals surface area contributed by atoms with Crippen LogP contribution in [0.25, 0.3) is 0 Å². The van der Waals surface area contributed by atoms with Gasteiger partial charge in [0.2, 0.25) is 5.91 Å². The van der Waals surface area contributed by atoms with Crippen molar-refractivity contribution in [1.29, 1.82) is 0 Å². The number of imide groups is 1. The normalized spacial score (nSPS) is 14.3. The Hall–Kier alpha value is -1.84. The van der Waals surface area contributed by atoms with Gasteiger partial charge >= 0.3 is 6.03 Å². The average molecular weight is 431 g/mol. The zero-order valence-corrected chi connectivity index (χ0v) is 15.6. The van der Waals surface area contributed by atoms with Gasteiger partial charge in [-0.05, 0) is 18.1 Å². The lowest BCUT2D eigenvalue weighted by Crippen LogP contribution is -2.43. The van der Waals surface area contributed by atoms with Crippen LogP contribution in [-0.2, 0) is 11.3 Å². The standard InChI is InChI=1S/C15H21N5O2.HI/c1-11-5-3-4-6-12(11)9-18-14(16-2)17-7-8-20-13(21)10-19-15(20)22;/h3-6H,7-10H2,1-2H3,(H,19,22)(H2,16,17,18);1H. The summed E-state index contributed by atoms with van der Waals surface area (Å²) in [7, 11) is 1.68. The van der Waals surface area contributed by atoms with E-state index in [1.54, 1.807) is 7.05 Å². The zero-order valence-electron chi connectivity index (χ0n) is 13.3. The molecule has 1 aliphatic heterocycles. The number of halogens is 1. The highest BCUT2D eigenvalue weighted by Gasteiger charge is 2.27. The van der Waals surface area contributed by atoms with Gasteiger partial charge in [0.05, 0.1) is 6.54 Å². The van der Waals surface area contributed by atoms with Crippen LogP contribution in [0.15, 0.2) is 29.3 Å². The average Bonchev–Trinajstić information content (AvgIpc) is 2.83. The number of nitrogens with zero attached hydrogens (tertiary/aromatic N) is 2. The summed E-state index contributed by atoms with van der Waals surface area (Å²) >= 11 is 0. The van der Waals surface area contributed by atoms with Gasteiger partial charge in [-0.1, -0.05) is 24.3 Å². The lowest BCUT2D eigenvalue weighted by atomic mass is 10.1. The fraction of sp³-hybridized carbons (Fsp3) is 0.400. The van der Waals surface area contributed by atoms with Crippen molar-refractivity contribution in [2.45, 2.75) is 13.5 Å². The van der Waals surface area contributed by atoms with Crippen LogP contribution >= 0.6 is 24.0 Å². The molecular formula is C15H22IN5O2. The van der Waals surface area contributed by atoms with E-state index in [4.69, 9.17) is 0 Å². The summed E-state index contributed by atoms with van der Waals surface area (Å²) < 4.78 is 0. The highest BCUT2D eigenvalue weighted by molar-refractivity contribution is 14.0. The Bertz CT molecular complexity index is 575. The number of carbonyl (C=O) groups is 2. The monoisotopic (exact) mass is 431 g/mol. The van der Waals surface area contributed by atoms with Crippen molar-refractivity contribution in [3.8, 4) is 0 Å². The van der Waals surface area contributed by atoms with E-state index in [2.05, 4.69) is 40.0 Å². The summed E-state index contributed by atoms with van der Waals surface area (Å²) in [5.41, 5.74) is 2.41. The van der Waals surface area contributed by atoms with Crippen molar-refractivity contribution in [2.24, 2.45) is 4.99 Å². The van der Waals surface area contributed by atoms with Gasteiger partial charge in [-0.2, -0.15) is 0 Å². The van der Waals surface area contributed by atoms with Crippen LogP contribution in [-0.4, -0.2) is 49.5 Å². The first-order valence-electron chi connectivity index (χ1n) is 7.19. The molecule has 3 N–H and O–H groups in total. The maximum Gasteiger partial charge on any atom is 0.324 e. The zero-order chi connectivity index (χ0) is 15.9. The fourth-order valence-electron chi connectivity index (χ4n) is 2.18. The van der Waals surface area contributed by atoms with E-state index in [9.17, 15) is 9.59 Å². The van der Waals surface area contributed by atoms with Crippen LogP contribution in [0.5, 0.6) is 0 Å². The minimum atomic E-state index is -0.338. The second-order valence-electron chi connectivity index (χ2n) is 4.98. The van der Waals surface area contributed by atoms with Gasteiger partial charge < -0.3 is 16.0 Å². The van der Waals surface area contributed by atoms with Crippen molar-refractivity contribution >= 4 is 41.9 Å². The number of aryl methyl sites for hydroxylation is 1. The molecule has 3 amide bonds. The Labute approximate surface area is 152 Å². The largest absolute Gasteiger partial charge is 0.355 e. The van der Waals surface area contributed by atoms with Gasteiger partial charge in [0.15, 0.2) is 5.96 Å². The minimum absolute atomic E-state index is 0. The molecule has 1 aromatic carbocycles. The highest BCUT2D eigenvalue weighted by atomic mass is 127. The predicted molar refractivity (Wildman–Crippen MR) is 99.9 cm³/mol. The molecule has 8 heteroatoms. The lowest BCUT2D eigenvalue weighted by Gasteiger charge is -2.16. The Morgan fingerprint density at radius 1 is 1.30 bits per heavy atom. The summed E-state index contributed by atoms with van der Waals surface area (Å²) in [5.74, 6) is 0.435. The second-order valence-corrected chi connectivity index (χ2v) is 4.98. The topological polar surface area (TPSA) is 85.8 Å². The number of hydrogen-bond donors (Lipinski definition) is 3. The quantitative estimate of drug-likeness (QED) is 0.279. The summed E-state index contributed by atoms with van der Waals surface area (Å²) in [6, 6.07) is 7.78. The van der Waals surface area contributed by atoms with Crippen LogP contribution in [0.4, 0.5) is 4.79 Å². The van der Waals surface area contributed by atoms with Gasteiger partial charge in [-0.15, -0.1) is 24.0 Å². The van der Waals surface area contributed by atoms with Crippen molar-refractivity contribution in [1.82, 2.24) is 20.9 Å². The van der Waals surface area contributed by atoms with Crippen LogP contribution in [0.2, 0.25) is 0 Å². The summed E-state index contributed by atoms with van der Waals surface area (Å²) in [5, 5.41) is 8.79. The third-order valence-electron chi connectivity index (χ3n) is 3.50. The third-order valence-corrected chi connectivity index (χ3v) is 3.50. The molecule has 0 bridgehead atoms. The van der Waals surface area contributed by atoms with Crippen LogP contribution in [0.1, 0.15) is 11.1 Å². The Morgan fingerprint density at radius 2 is 2.04 bits per heavy atom. The second kappa shape index (κ2) is 9.33. The fourth-order valence-corrected chi connectivity index (χ4v) is 2.18. The van der Waals surface area contributed by atoms with E-state index >= 15 is 0 Å². The first kappa shape index (κ1) is 19.2. The Balaban J connectivity index is 0.00000264. The van der Waals surface area contributed by atoms with Crippen molar-refractivity contribution in [3.05, 3.63) is 35.4 Å². The summed E-state index contributed by atoms with van der Waals surface area (Å²) in [6.07, 6.45) is 0. The number of amides is 3. The SMILES string of the molecule is CN=C(NCCN1C(=O)CNC1=O)NCc1ccccc1C.I. The molecule has 0 aliphatic carbocycles. The van der Waals surface area contributed by atoms with E-state index in [0.717, 1.165) is 0 Å². The molecule has 0 unspecified atom stereocenters. The summed E-state index contributed by atoms with van der Waals surface area (Å²) in [6.45, 7) is 3.57. The van der Waals surface area contributed by atoms with E-state index in [1.807, 2.05) is 12.1 Å². The number of guanidine groups is 1. The lowest BCUT2D eigenvalue weighted by molar-refractivity contribution is -0.124. The van der Waals surface area contributed by atoms with E-state index < -0.39 is 0 Å². The molecule has 0 aromatic heterocycles. The predicted octanol–water partition coefficient (Wildman–Crippen LogP) is 0.830. The first-order valence-corrected chi connectivity index (χ1v) is 7.19. The third kappa shape index (κ3) is 5.38. The number of benzene rings is 1. The molecular weight excluding hydrogens is 409 g/mol. The maximum absolute atomic E-state index is 11.4. The molecule has 1 aliphatic rings. The highest BCUT2D eigenvalue weighted by Crippen LogP contribution is 2.05. The molecule has 23 heavy (non-hydrogen) atoms. The van der Waals surface area contributed by atoms with Gasteiger partial charge in [-0.3, -0.25) is 14.7 Å². The van der Waals surface area contributed by atoms with Crippen LogP contribution in [0.3, 0.4) is 0 Å². The Kier molecular flexibility index (Phi) is 7.79. The van der Waals surface area contributed by atoms with Gasteiger partial charge in [0, 0.05) is 26.7 Å². The van der Waals surface area contributed by atoms with Crippen molar-refractivity contribution in [2.75, 3.05) is 26.7 Å². The molecule has 0 spiro atoms. The number of carbonyl (C=O) groups excluding carboxylic acids is 2. The molecule has 0 saturated carbocycles. The molecule has 0 radical (unpaired) electrons. The van der Waals surface area contributed by atoms with Crippen LogP contribution < -0.4 is 16.0 Å². The van der Waals surface area contributed by atoms with Crippen molar-refractivity contribution in [3.63, 3.8) is 0 Å². The molecule has 126 valence electrons. The molecule has 7 nitrogen and oxygen atoms in total. The number of nitrogens with one attached hydrogen (secondary N) is 3.